The molecule has 4 heteroatoms. The summed E-state index contributed by atoms with van der Waals surface area (Å²) in [5.74, 6) is -0.0104. The average molecular weight is 306 g/mol. The molecular weight excluding hydrogens is 288 g/mol. The summed E-state index contributed by atoms with van der Waals surface area (Å²) in [5.41, 5.74) is 2.18. The Morgan fingerprint density at radius 1 is 1.04 bits per heavy atom. The van der Waals surface area contributed by atoms with Gasteiger partial charge in [-0.3, -0.25) is 9.59 Å². The van der Waals surface area contributed by atoms with Crippen LogP contribution in [0.1, 0.15) is 12.0 Å². The monoisotopic (exact) mass is 306 g/mol. The molecular formula is C19H18N2O2. The second-order valence-corrected chi connectivity index (χ2v) is 5.50. The Morgan fingerprint density at radius 3 is 2.52 bits per heavy atom. The second kappa shape index (κ2) is 6.48. The van der Waals surface area contributed by atoms with Crippen LogP contribution in [0.5, 0.6) is 0 Å². The van der Waals surface area contributed by atoms with Gasteiger partial charge in [0.1, 0.15) is 0 Å². The number of aromatic amines is 1. The number of aryl methyl sites for hydroxylation is 1. The summed E-state index contributed by atoms with van der Waals surface area (Å²) in [6, 6.07) is 19.0. The fraction of sp³-hybridized carbons (Fsp3) is 0.158. The molecule has 0 unspecified atom stereocenters. The highest BCUT2D eigenvalue weighted by molar-refractivity contribution is 5.92. The maximum atomic E-state index is 12.3. The van der Waals surface area contributed by atoms with Gasteiger partial charge in [0.15, 0.2) is 0 Å². The lowest BCUT2D eigenvalue weighted by Crippen LogP contribution is -2.27. The number of hydrogen-bond donors (Lipinski definition) is 1. The van der Waals surface area contributed by atoms with Crippen molar-refractivity contribution in [3.05, 3.63) is 76.6 Å². The molecule has 1 heterocycles. The lowest BCUT2D eigenvalue weighted by Gasteiger charge is -2.17. The molecule has 0 saturated heterocycles. The van der Waals surface area contributed by atoms with Crippen molar-refractivity contribution in [3.8, 4) is 0 Å². The number of carbonyl (C=O) groups is 1. The first-order valence-electron chi connectivity index (χ1n) is 7.58. The Morgan fingerprint density at radius 2 is 1.74 bits per heavy atom. The van der Waals surface area contributed by atoms with Gasteiger partial charge in [-0.05, 0) is 36.1 Å². The summed E-state index contributed by atoms with van der Waals surface area (Å²) in [6.45, 7) is 0. The minimum Gasteiger partial charge on any atom is -0.322 e. The van der Waals surface area contributed by atoms with E-state index in [1.807, 2.05) is 60.7 Å². The van der Waals surface area contributed by atoms with Crippen LogP contribution in [0.3, 0.4) is 0 Å². The number of para-hydroxylation sites is 2. The van der Waals surface area contributed by atoms with Crippen molar-refractivity contribution in [1.82, 2.24) is 4.98 Å². The van der Waals surface area contributed by atoms with E-state index in [4.69, 9.17) is 0 Å². The first kappa shape index (κ1) is 15.0. The molecule has 0 saturated carbocycles. The van der Waals surface area contributed by atoms with Crippen LogP contribution >= 0.6 is 0 Å². The van der Waals surface area contributed by atoms with Gasteiger partial charge in [-0.15, -0.1) is 0 Å². The van der Waals surface area contributed by atoms with E-state index in [9.17, 15) is 9.59 Å². The van der Waals surface area contributed by atoms with Crippen LogP contribution in [-0.2, 0) is 11.2 Å². The van der Waals surface area contributed by atoms with Crippen LogP contribution in [-0.4, -0.2) is 17.9 Å². The third-order valence-electron chi connectivity index (χ3n) is 3.96. The third kappa shape index (κ3) is 3.31. The van der Waals surface area contributed by atoms with E-state index < -0.39 is 0 Å². The zero-order valence-corrected chi connectivity index (χ0v) is 13.0. The van der Waals surface area contributed by atoms with Crippen molar-refractivity contribution in [2.24, 2.45) is 0 Å². The number of hydrogen-bond acceptors (Lipinski definition) is 2. The number of fused-ring (bicyclic) bond motifs is 1. The Balaban J connectivity index is 1.74. The van der Waals surface area contributed by atoms with Gasteiger partial charge in [-0.25, -0.2) is 0 Å². The number of anilines is 1. The molecule has 0 aliphatic heterocycles. The second-order valence-electron chi connectivity index (χ2n) is 5.50. The predicted octanol–water partition coefficient (Wildman–Crippen LogP) is 3.12. The van der Waals surface area contributed by atoms with Gasteiger partial charge < -0.3 is 9.88 Å². The van der Waals surface area contributed by atoms with Crippen LogP contribution in [0.4, 0.5) is 5.69 Å². The lowest BCUT2D eigenvalue weighted by molar-refractivity contribution is -0.118. The molecule has 0 radical (unpaired) electrons. The molecule has 0 fully saturated rings. The Labute approximate surface area is 134 Å². The van der Waals surface area contributed by atoms with Crippen LogP contribution < -0.4 is 10.5 Å². The molecule has 0 spiro atoms. The van der Waals surface area contributed by atoms with Gasteiger partial charge in [0.2, 0.25) is 5.91 Å². The lowest BCUT2D eigenvalue weighted by atomic mass is 10.1. The van der Waals surface area contributed by atoms with Crippen molar-refractivity contribution in [2.45, 2.75) is 12.8 Å². The van der Waals surface area contributed by atoms with Crippen LogP contribution in [0.15, 0.2) is 65.5 Å². The van der Waals surface area contributed by atoms with E-state index in [1.165, 1.54) is 0 Å². The Hall–Kier alpha value is -2.88. The summed E-state index contributed by atoms with van der Waals surface area (Å²) in [7, 11) is 1.75. The Kier molecular flexibility index (Phi) is 4.24. The number of nitrogens with one attached hydrogen (secondary N) is 1. The number of rotatable bonds is 4. The summed E-state index contributed by atoms with van der Waals surface area (Å²) in [6.07, 6.45) is 0.725. The summed E-state index contributed by atoms with van der Waals surface area (Å²) < 4.78 is 0. The highest BCUT2D eigenvalue weighted by Gasteiger charge is 2.12. The standard InChI is InChI=1S/C19H18N2O2/c1-21(16-8-3-2-4-9-16)18(22)12-11-15-13-14-7-5-6-10-17(14)20-19(15)23/h2-10,13H,11-12H2,1H3,(H,20,23). The highest BCUT2D eigenvalue weighted by atomic mass is 16.2. The molecule has 3 rings (SSSR count). The SMILES string of the molecule is CN(C(=O)CCc1cc2ccccc2[nH]c1=O)c1ccccc1. The smallest absolute Gasteiger partial charge is 0.251 e. The molecule has 1 aromatic heterocycles. The maximum Gasteiger partial charge on any atom is 0.251 e. The molecule has 0 atom stereocenters. The van der Waals surface area contributed by atoms with Gasteiger partial charge in [0.05, 0.1) is 0 Å². The quantitative estimate of drug-likeness (QED) is 0.805. The number of amides is 1. The zero-order valence-electron chi connectivity index (χ0n) is 13.0. The third-order valence-corrected chi connectivity index (χ3v) is 3.96. The van der Waals surface area contributed by atoms with Gasteiger partial charge in [-0.2, -0.15) is 0 Å². The van der Waals surface area contributed by atoms with E-state index in [-0.39, 0.29) is 11.5 Å². The normalized spacial score (nSPS) is 10.7. The first-order valence-corrected chi connectivity index (χ1v) is 7.58. The molecule has 3 aromatic rings. The van der Waals surface area contributed by atoms with Crippen LogP contribution in [0.2, 0.25) is 0 Å². The number of H-pyrrole nitrogens is 1. The molecule has 1 N–H and O–H groups in total. The topological polar surface area (TPSA) is 53.2 Å². The molecule has 116 valence electrons. The van der Waals surface area contributed by atoms with E-state index in [1.54, 1.807) is 11.9 Å². The molecule has 0 aliphatic rings. The first-order chi connectivity index (χ1) is 11.1. The number of carbonyl (C=O) groups excluding carboxylic acids is 1. The molecule has 23 heavy (non-hydrogen) atoms. The molecule has 1 amide bonds. The zero-order chi connectivity index (χ0) is 16.2. The van der Waals surface area contributed by atoms with Gasteiger partial charge in [0, 0.05) is 30.2 Å². The van der Waals surface area contributed by atoms with Crippen molar-refractivity contribution < 1.29 is 4.79 Å². The molecule has 4 nitrogen and oxygen atoms in total. The largest absolute Gasteiger partial charge is 0.322 e. The van der Waals surface area contributed by atoms with E-state index in [0.29, 0.717) is 18.4 Å². The summed E-state index contributed by atoms with van der Waals surface area (Å²) >= 11 is 0. The Bertz CT molecular complexity index is 885. The highest BCUT2D eigenvalue weighted by Crippen LogP contribution is 2.14. The van der Waals surface area contributed by atoms with Crippen molar-refractivity contribution >= 4 is 22.5 Å². The average Bonchev–Trinajstić information content (AvgIpc) is 2.59. The maximum absolute atomic E-state index is 12.3. The number of benzene rings is 2. The van der Waals surface area contributed by atoms with Crippen molar-refractivity contribution in [3.63, 3.8) is 0 Å². The number of nitrogens with zero attached hydrogens (tertiary/aromatic N) is 1. The van der Waals surface area contributed by atoms with Crippen molar-refractivity contribution in [1.29, 1.82) is 0 Å². The van der Waals surface area contributed by atoms with Gasteiger partial charge in [-0.1, -0.05) is 36.4 Å². The summed E-state index contributed by atoms with van der Waals surface area (Å²) in [4.78, 5) is 28.9. The van der Waals surface area contributed by atoms with Crippen LogP contribution in [0.25, 0.3) is 10.9 Å². The molecule has 0 aliphatic carbocycles. The fourth-order valence-electron chi connectivity index (χ4n) is 2.58. The minimum atomic E-state index is -0.126. The molecule has 2 aromatic carbocycles. The van der Waals surface area contributed by atoms with E-state index >= 15 is 0 Å². The number of pyridine rings is 1. The predicted molar refractivity (Wildman–Crippen MR) is 92.7 cm³/mol. The van der Waals surface area contributed by atoms with E-state index in [2.05, 4.69) is 4.98 Å². The summed E-state index contributed by atoms with van der Waals surface area (Å²) in [5, 5.41) is 0.978. The van der Waals surface area contributed by atoms with Gasteiger partial charge >= 0.3 is 0 Å². The van der Waals surface area contributed by atoms with Gasteiger partial charge in [0.25, 0.3) is 5.56 Å². The van der Waals surface area contributed by atoms with E-state index in [0.717, 1.165) is 16.6 Å². The van der Waals surface area contributed by atoms with Crippen molar-refractivity contribution in [2.75, 3.05) is 11.9 Å². The fourth-order valence-corrected chi connectivity index (χ4v) is 2.58. The number of aromatic nitrogens is 1. The minimum absolute atomic E-state index is 0.0104. The van der Waals surface area contributed by atoms with Crippen LogP contribution in [0, 0.1) is 0 Å². The molecule has 0 bridgehead atoms.